The second-order valence-corrected chi connectivity index (χ2v) is 8.87. The van der Waals surface area contributed by atoms with Crippen LogP contribution in [-0.2, 0) is 6.42 Å². The number of aryl methyl sites for hydroxylation is 1. The molecule has 0 saturated carbocycles. The van der Waals surface area contributed by atoms with E-state index < -0.39 is 5.91 Å². The number of nitrogens with two attached hydrogens (primary N) is 1. The Bertz CT molecular complexity index is 1260. The van der Waals surface area contributed by atoms with E-state index in [4.69, 9.17) is 12.2 Å². The average molecular weight is 412 g/mol. The van der Waals surface area contributed by atoms with Gasteiger partial charge in [-0.15, -0.1) is 6.42 Å². The number of hydrogen-bond donors (Lipinski definition) is 2. The molecule has 3 N–H and O–H groups in total. The molecule has 0 radical (unpaired) electrons. The van der Waals surface area contributed by atoms with E-state index in [2.05, 4.69) is 29.7 Å². The van der Waals surface area contributed by atoms with Crippen LogP contribution in [0.15, 0.2) is 48.5 Å². The minimum absolute atomic E-state index is 0.101. The van der Waals surface area contributed by atoms with E-state index in [0.29, 0.717) is 17.7 Å². The van der Waals surface area contributed by atoms with Gasteiger partial charge in [0.25, 0.3) is 5.91 Å². The number of rotatable bonds is 4. The van der Waals surface area contributed by atoms with Crippen LogP contribution in [-0.4, -0.2) is 16.3 Å². The molecule has 1 heterocycles. The van der Waals surface area contributed by atoms with Crippen LogP contribution in [0.4, 0.5) is 11.4 Å². The Morgan fingerprint density at radius 1 is 1.16 bits per heavy atom. The van der Waals surface area contributed by atoms with Gasteiger partial charge >= 0.3 is 0 Å². The van der Waals surface area contributed by atoms with Crippen LogP contribution < -0.4 is 11.1 Å². The van der Waals surface area contributed by atoms with Crippen molar-refractivity contribution in [1.29, 1.82) is 0 Å². The molecule has 0 atom stereocenters. The van der Waals surface area contributed by atoms with Crippen LogP contribution in [0.3, 0.4) is 0 Å². The number of aromatic nitrogens is 1. The Hall–Kier alpha value is -3.78. The number of hydrogen-bond acceptors (Lipinski definition) is 3. The highest BCUT2D eigenvalue weighted by Gasteiger charge is 2.34. The van der Waals surface area contributed by atoms with Gasteiger partial charge in [-0.25, -0.2) is 0 Å². The lowest BCUT2D eigenvalue weighted by Gasteiger charge is -2.30. The largest absolute Gasteiger partial charge is 0.366 e. The van der Waals surface area contributed by atoms with Crippen molar-refractivity contribution in [3.63, 3.8) is 0 Å². The first-order valence-electron chi connectivity index (χ1n) is 10.2. The van der Waals surface area contributed by atoms with Crippen molar-refractivity contribution < 1.29 is 9.59 Å². The molecular weight excluding hydrogens is 386 g/mol. The van der Waals surface area contributed by atoms with Gasteiger partial charge in [0, 0.05) is 40.3 Å². The first-order valence-corrected chi connectivity index (χ1v) is 10.2. The molecule has 156 valence electrons. The molecule has 5 heteroatoms. The Morgan fingerprint density at radius 2 is 1.94 bits per heavy atom. The predicted octanol–water partition coefficient (Wildman–Crippen LogP) is 4.76. The molecule has 0 spiro atoms. The van der Waals surface area contributed by atoms with Gasteiger partial charge in [-0.3, -0.25) is 9.59 Å². The van der Waals surface area contributed by atoms with Gasteiger partial charge in [-0.2, -0.15) is 0 Å². The van der Waals surface area contributed by atoms with Gasteiger partial charge in [-0.1, -0.05) is 25.8 Å². The highest BCUT2D eigenvalue weighted by Crippen LogP contribution is 2.38. The number of terminal acetylenes is 1. The summed E-state index contributed by atoms with van der Waals surface area (Å²) in [7, 11) is 0. The van der Waals surface area contributed by atoms with E-state index in [1.165, 1.54) is 0 Å². The molecule has 0 bridgehead atoms. The maximum Gasteiger partial charge on any atom is 0.250 e. The fourth-order valence-electron chi connectivity index (χ4n) is 4.34. The summed E-state index contributed by atoms with van der Waals surface area (Å²) in [5, 5.41) is 3.28. The highest BCUT2D eigenvalue weighted by atomic mass is 16.1. The molecule has 1 aliphatic rings. The summed E-state index contributed by atoms with van der Waals surface area (Å²) >= 11 is 0. The number of carbonyl (C=O) groups excluding carboxylic acids is 2. The molecule has 31 heavy (non-hydrogen) atoms. The minimum atomic E-state index is -0.523. The lowest BCUT2D eigenvalue weighted by Crippen LogP contribution is -2.27. The van der Waals surface area contributed by atoms with Gasteiger partial charge in [0.1, 0.15) is 0 Å². The Labute approximate surface area is 182 Å². The fraction of sp³-hybridized carbons (Fsp3) is 0.231. The van der Waals surface area contributed by atoms with E-state index >= 15 is 0 Å². The number of nitrogens with one attached hydrogen (secondary N) is 1. The van der Waals surface area contributed by atoms with Crippen LogP contribution >= 0.6 is 0 Å². The van der Waals surface area contributed by atoms with Crippen LogP contribution in [0.25, 0.3) is 5.69 Å². The maximum absolute atomic E-state index is 12.7. The fourth-order valence-corrected chi connectivity index (χ4v) is 4.34. The number of primary amides is 1. The molecule has 0 fully saturated rings. The number of benzene rings is 2. The topological polar surface area (TPSA) is 77.1 Å². The summed E-state index contributed by atoms with van der Waals surface area (Å²) in [5.74, 6) is 2.26. The number of nitrogens with zero attached hydrogens (tertiary/aromatic N) is 1. The van der Waals surface area contributed by atoms with Crippen LogP contribution in [0.1, 0.15) is 57.9 Å². The van der Waals surface area contributed by atoms with Crippen molar-refractivity contribution in [1.82, 2.24) is 4.57 Å². The van der Waals surface area contributed by atoms with Gasteiger partial charge in [0.15, 0.2) is 5.78 Å². The van der Waals surface area contributed by atoms with E-state index in [1.54, 1.807) is 6.07 Å². The van der Waals surface area contributed by atoms with Crippen molar-refractivity contribution in [2.75, 3.05) is 5.32 Å². The zero-order valence-corrected chi connectivity index (χ0v) is 18.0. The molecule has 5 nitrogen and oxygen atoms in total. The van der Waals surface area contributed by atoms with Crippen molar-refractivity contribution in [3.8, 4) is 18.0 Å². The zero-order valence-electron chi connectivity index (χ0n) is 18.0. The molecule has 3 aromatic rings. The number of ketones is 1. The number of Topliss-reactive ketones (excluding diaryl/α,β-unsaturated/α-hetero) is 1. The van der Waals surface area contributed by atoms with Crippen molar-refractivity contribution >= 4 is 23.1 Å². The first-order chi connectivity index (χ1) is 14.7. The number of fused-ring (bicyclic) bond motifs is 1. The summed E-state index contributed by atoms with van der Waals surface area (Å²) in [6, 6.07) is 14.8. The summed E-state index contributed by atoms with van der Waals surface area (Å²) < 4.78 is 2.10. The van der Waals surface area contributed by atoms with Crippen LogP contribution in [0.2, 0.25) is 0 Å². The number of anilines is 2. The van der Waals surface area contributed by atoms with E-state index in [1.807, 2.05) is 49.4 Å². The minimum Gasteiger partial charge on any atom is -0.366 e. The molecule has 0 unspecified atom stereocenters. The standard InChI is InChI=1S/C26H25N3O2/c1-5-17-7-6-8-18(12-17)28-22-13-19(9-10-20(22)25(27)31)29-16(2)11-21-23(29)14-26(3,4)15-24(21)30/h1,6-13,28H,14-15H2,2-4H3,(H2,27,31). The quantitative estimate of drug-likeness (QED) is 0.608. The van der Waals surface area contributed by atoms with Crippen molar-refractivity contribution in [2.45, 2.75) is 33.6 Å². The monoisotopic (exact) mass is 411 g/mol. The second-order valence-electron chi connectivity index (χ2n) is 8.87. The van der Waals surface area contributed by atoms with Crippen molar-refractivity contribution in [2.24, 2.45) is 11.1 Å². The van der Waals surface area contributed by atoms with Crippen LogP contribution in [0, 0.1) is 24.7 Å². The van der Waals surface area contributed by atoms with Gasteiger partial charge in [0.05, 0.1) is 11.3 Å². The average Bonchev–Trinajstić information content (AvgIpc) is 3.03. The Kier molecular flexibility index (Phi) is 4.94. The molecule has 0 saturated heterocycles. The summed E-state index contributed by atoms with van der Waals surface area (Å²) in [6.45, 7) is 6.22. The van der Waals surface area contributed by atoms with Crippen molar-refractivity contribution in [3.05, 3.63) is 76.6 Å². The SMILES string of the molecule is C#Cc1cccc(Nc2cc(-n3c(C)cc4c3CC(C)(C)CC4=O)ccc2C(N)=O)c1. The lowest BCUT2D eigenvalue weighted by molar-refractivity contribution is 0.0910. The highest BCUT2D eigenvalue weighted by molar-refractivity contribution is 6.00. The third-order valence-corrected chi connectivity index (χ3v) is 5.71. The second kappa shape index (κ2) is 7.48. The molecule has 0 aliphatic heterocycles. The molecule has 2 aromatic carbocycles. The molecule has 1 aliphatic carbocycles. The Morgan fingerprint density at radius 3 is 2.65 bits per heavy atom. The normalized spacial score (nSPS) is 14.6. The lowest BCUT2D eigenvalue weighted by atomic mass is 9.76. The molecule has 1 amide bonds. The predicted molar refractivity (Wildman–Crippen MR) is 123 cm³/mol. The summed E-state index contributed by atoms with van der Waals surface area (Å²) in [5.41, 5.74) is 11.6. The van der Waals surface area contributed by atoms with Gasteiger partial charge in [-0.05, 0) is 61.2 Å². The maximum atomic E-state index is 12.7. The number of carbonyl (C=O) groups is 2. The first kappa shape index (κ1) is 20.5. The molecular formula is C26H25N3O2. The third-order valence-electron chi connectivity index (χ3n) is 5.71. The smallest absolute Gasteiger partial charge is 0.250 e. The van der Waals surface area contributed by atoms with E-state index in [0.717, 1.165) is 40.3 Å². The van der Waals surface area contributed by atoms with E-state index in [9.17, 15) is 9.59 Å². The molecule has 4 rings (SSSR count). The van der Waals surface area contributed by atoms with E-state index in [-0.39, 0.29) is 11.2 Å². The summed E-state index contributed by atoms with van der Waals surface area (Å²) in [6.07, 6.45) is 6.85. The van der Waals surface area contributed by atoms with Crippen LogP contribution in [0.5, 0.6) is 0 Å². The number of amides is 1. The van der Waals surface area contributed by atoms with Gasteiger partial charge < -0.3 is 15.6 Å². The third kappa shape index (κ3) is 3.85. The summed E-state index contributed by atoms with van der Waals surface area (Å²) in [4.78, 5) is 24.8. The zero-order chi connectivity index (χ0) is 22.3. The molecule has 1 aromatic heterocycles. The Balaban J connectivity index is 1.83. The van der Waals surface area contributed by atoms with Gasteiger partial charge in [0.2, 0.25) is 0 Å².